The van der Waals surface area contributed by atoms with Crippen LogP contribution in [0.1, 0.15) is 28.9 Å². The molecule has 0 saturated carbocycles. The van der Waals surface area contributed by atoms with Crippen LogP contribution >= 0.6 is 0 Å². The van der Waals surface area contributed by atoms with E-state index in [-0.39, 0.29) is 16.1 Å². The highest BCUT2D eigenvalue weighted by Gasteiger charge is 2.21. The van der Waals surface area contributed by atoms with Gasteiger partial charge in [-0.3, -0.25) is 4.79 Å². The van der Waals surface area contributed by atoms with Crippen LogP contribution in [-0.4, -0.2) is 48.4 Å². The number of nitrogens with zero attached hydrogens (tertiary/aromatic N) is 4. The highest BCUT2D eigenvalue weighted by molar-refractivity contribution is 7.90. The highest BCUT2D eigenvalue weighted by Crippen LogP contribution is 2.21. The number of sulfonamides is 1. The van der Waals surface area contributed by atoms with Gasteiger partial charge in [-0.1, -0.05) is 12.1 Å². The third kappa shape index (κ3) is 4.26. The number of anilines is 1. The minimum absolute atomic E-state index is 0.0480. The van der Waals surface area contributed by atoms with Crippen LogP contribution in [0.4, 0.5) is 10.1 Å². The molecule has 1 fully saturated rings. The summed E-state index contributed by atoms with van der Waals surface area (Å²) in [6, 6.07) is 12.0. The maximum atomic E-state index is 14.1. The quantitative estimate of drug-likeness (QED) is 0.636. The Morgan fingerprint density at radius 2 is 1.88 bits per heavy atom. The number of amides is 1. The molecule has 2 heterocycles. The molecule has 0 aliphatic carbocycles. The Labute approximate surface area is 185 Å². The molecule has 0 bridgehead atoms. The average Bonchev–Trinajstić information content (AvgIpc) is 3.34. The van der Waals surface area contributed by atoms with Crippen molar-refractivity contribution < 1.29 is 17.6 Å². The average molecular weight is 456 g/mol. The number of para-hydroxylation sites is 1. The first kappa shape index (κ1) is 21.7. The number of rotatable bonds is 5. The van der Waals surface area contributed by atoms with Crippen LogP contribution in [0.25, 0.3) is 5.69 Å². The predicted octanol–water partition coefficient (Wildman–Crippen LogP) is 3.38. The molecule has 166 valence electrons. The van der Waals surface area contributed by atoms with E-state index in [0.717, 1.165) is 13.0 Å². The first-order chi connectivity index (χ1) is 15.3. The van der Waals surface area contributed by atoms with Crippen LogP contribution in [0.3, 0.4) is 0 Å². The molecule has 1 aliphatic rings. The van der Waals surface area contributed by atoms with Gasteiger partial charge in [-0.25, -0.2) is 9.07 Å². The summed E-state index contributed by atoms with van der Waals surface area (Å²) >= 11 is 0. The standard InChI is InChI=1S/C22H22FN5O3S/c1-15-18(14-24-28(15)20-7-4-3-6-19(20)23)22(29)25-16-9-11-17(12-10-16)32(30,31)26-21-8-5-13-27(21)2/h3-4,6-7,9-12,14H,5,8,13H2,1-2H3,(H,25,29)/b26-21-. The van der Waals surface area contributed by atoms with E-state index in [1.807, 2.05) is 11.9 Å². The van der Waals surface area contributed by atoms with Crippen LogP contribution in [0.15, 0.2) is 64.0 Å². The Morgan fingerprint density at radius 3 is 2.53 bits per heavy atom. The third-order valence-corrected chi connectivity index (χ3v) is 6.62. The van der Waals surface area contributed by atoms with Gasteiger partial charge < -0.3 is 10.2 Å². The van der Waals surface area contributed by atoms with Crippen LogP contribution < -0.4 is 5.32 Å². The SMILES string of the molecule is Cc1c(C(=O)Nc2ccc(S(=O)(=O)/N=C3/CCCN3C)cc2)cnn1-c1ccccc1F. The maximum absolute atomic E-state index is 14.1. The van der Waals surface area contributed by atoms with E-state index in [2.05, 4.69) is 14.8 Å². The van der Waals surface area contributed by atoms with Crippen molar-refractivity contribution in [2.45, 2.75) is 24.7 Å². The number of carbonyl (C=O) groups excluding carboxylic acids is 1. The van der Waals surface area contributed by atoms with Crippen molar-refractivity contribution in [1.82, 2.24) is 14.7 Å². The Morgan fingerprint density at radius 1 is 1.16 bits per heavy atom. The Kier molecular flexibility index (Phi) is 5.79. The molecule has 0 radical (unpaired) electrons. The van der Waals surface area contributed by atoms with Gasteiger partial charge >= 0.3 is 0 Å². The van der Waals surface area contributed by atoms with Gasteiger partial charge in [0.05, 0.1) is 22.3 Å². The Bertz CT molecular complexity index is 1300. The topological polar surface area (TPSA) is 96.7 Å². The number of nitrogens with one attached hydrogen (secondary N) is 1. The largest absolute Gasteiger partial charge is 0.362 e. The number of carbonyl (C=O) groups is 1. The van der Waals surface area contributed by atoms with Crippen LogP contribution in [0.5, 0.6) is 0 Å². The molecular weight excluding hydrogens is 433 g/mol. The summed E-state index contributed by atoms with van der Waals surface area (Å²) in [6.45, 7) is 2.45. The van der Waals surface area contributed by atoms with Crippen molar-refractivity contribution in [2.75, 3.05) is 18.9 Å². The molecule has 4 rings (SSSR count). The third-order valence-electron chi connectivity index (χ3n) is 5.31. The zero-order chi connectivity index (χ0) is 22.9. The first-order valence-electron chi connectivity index (χ1n) is 10.0. The van der Waals surface area contributed by atoms with Gasteiger partial charge in [0.15, 0.2) is 0 Å². The number of halogens is 1. The van der Waals surface area contributed by atoms with Gasteiger partial charge in [0.25, 0.3) is 15.9 Å². The lowest BCUT2D eigenvalue weighted by Gasteiger charge is -2.11. The summed E-state index contributed by atoms with van der Waals surface area (Å²) in [5.74, 6) is -0.340. The van der Waals surface area contributed by atoms with E-state index in [9.17, 15) is 17.6 Å². The van der Waals surface area contributed by atoms with Gasteiger partial charge in [-0.2, -0.15) is 13.5 Å². The molecule has 1 N–H and O–H groups in total. The lowest BCUT2D eigenvalue weighted by Crippen LogP contribution is -2.20. The molecule has 1 aromatic heterocycles. The normalized spacial score (nSPS) is 15.3. The summed E-state index contributed by atoms with van der Waals surface area (Å²) in [5, 5.41) is 6.84. The predicted molar refractivity (Wildman–Crippen MR) is 119 cm³/mol. The number of hydrogen-bond donors (Lipinski definition) is 1. The fourth-order valence-electron chi connectivity index (χ4n) is 3.51. The maximum Gasteiger partial charge on any atom is 0.283 e. The van der Waals surface area contributed by atoms with Crippen LogP contribution in [0, 0.1) is 12.7 Å². The van der Waals surface area contributed by atoms with Crippen molar-refractivity contribution in [3.05, 3.63) is 71.8 Å². The molecule has 10 heteroatoms. The molecule has 0 unspecified atom stereocenters. The summed E-state index contributed by atoms with van der Waals surface area (Å²) in [4.78, 5) is 14.6. The van der Waals surface area contributed by atoms with Crippen molar-refractivity contribution in [3.63, 3.8) is 0 Å². The van der Waals surface area contributed by atoms with Gasteiger partial charge in [0.2, 0.25) is 0 Å². The number of hydrogen-bond acceptors (Lipinski definition) is 4. The monoisotopic (exact) mass is 455 g/mol. The van der Waals surface area contributed by atoms with Gasteiger partial charge in [-0.15, -0.1) is 4.40 Å². The molecule has 2 aromatic carbocycles. The van der Waals surface area contributed by atoms with Gasteiger partial charge in [0.1, 0.15) is 17.3 Å². The lowest BCUT2D eigenvalue weighted by molar-refractivity contribution is 0.102. The summed E-state index contributed by atoms with van der Waals surface area (Å²) < 4.78 is 44.5. The highest BCUT2D eigenvalue weighted by atomic mass is 32.2. The molecule has 3 aromatic rings. The number of likely N-dealkylation sites (tertiary alicyclic amines) is 1. The molecule has 8 nitrogen and oxygen atoms in total. The van der Waals surface area contributed by atoms with Crippen molar-refractivity contribution in [2.24, 2.45) is 4.40 Å². The van der Waals surface area contributed by atoms with Crippen LogP contribution in [-0.2, 0) is 10.0 Å². The summed E-state index contributed by atoms with van der Waals surface area (Å²) in [7, 11) is -2.01. The smallest absolute Gasteiger partial charge is 0.283 e. The van der Waals surface area contributed by atoms with E-state index >= 15 is 0 Å². The van der Waals surface area contributed by atoms with Gasteiger partial charge in [0, 0.05) is 25.7 Å². The molecule has 1 amide bonds. The van der Waals surface area contributed by atoms with Crippen molar-refractivity contribution in [3.8, 4) is 5.69 Å². The molecule has 1 saturated heterocycles. The molecule has 32 heavy (non-hydrogen) atoms. The second-order valence-electron chi connectivity index (χ2n) is 7.49. The van der Waals surface area contributed by atoms with E-state index in [0.29, 0.717) is 23.6 Å². The zero-order valence-electron chi connectivity index (χ0n) is 17.6. The van der Waals surface area contributed by atoms with Crippen molar-refractivity contribution >= 4 is 27.5 Å². The van der Waals surface area contributed by atoms with E-state index in [1.165, 1.54) is 41.2 Å². The first-order valence-corrected chi connectivity index (χ1v) is 11.5. The number of benzene rings is 2. The molecule has 0 spiro atoms. The summed E-state index contributed by atoms with van der Waals surface area (Å²) in [5.41, 5.74) is 1.41. The molecule has 1 aliphatic heterocycles. The minimum atomic E-state index is -3.83. The molecular formula is C22H22FN5O3S. The van der Waals surface area contributed by atoms with Crippen LogP contribution in [0.2, 0.25) is 0 Å². The number of aromatic nitrogens is 2. The van der Waals surface area contributed by atoms with Gasteiger partial charge in [-0.05, 0) is 49.7 Å². The second kappa shape index (κ2) is 8.54. The summed E-state index contributed by atoms with van der Waals surface area (Å²) in [6.07, 6.45) is 2.87. The van der Waals surface area contributed by atoms with E-state index in [4.69, 9.17) is 0 Å². The number of amidine groups is 1. The lowest BCUT2D eigenvalue weighted by atomic mass is 10.2. The fourth-order valence-corrected chi connectivity index (χ4v) is 4.60. The fraction of sp³-hybridized carbons (Fsp3) is 0.227. The van der Waals surface area contributed by atoms with E-state index < -0.39 is 21.7 Å². The molecule has 0 atom stereocenters. The minimum Gasteiger partial charge on any atom is -0.362 e. The second-order valence-corrected chi connectivity index (χ2v) is 9.10. The zero-order valence-corrected chi connectivity index (χ0v) is 18.4. The Balaban J connectivity index is 1.51. The van der Waals surface area contributed by atoms with E-state index in [1.54, 1.807) is 25.1 Å². The Hall–Kier alpha value is -3.53. The van der Waals surface area contributed by atoms with Crippen molar-refractivity contribution in [1.29, 1.82) is 0 Å².